The zero-order valence-electron chi connectivity index (χ0n) is 10.9. The number of aromatic nitrogens is 2. The lowest BCUT2D eigenvalue weighted by Gasteiger charge is -2.09. The smallest absolute Gasteiger partial charge is 0.132 e. The predicted octanol–water partition coefficient (Wildman–Crippen LogP) is 3.44. The number of anilines is 1. The maximum absolute atomic E-state index is 6.21. The molecule has 0 atom stereocenters. The van der Waals surface area contributed by atoms with Gasteiger partial charge in [-0.3, -0.25) is 0 Å². The second-order valence-corrected chi connectivity index (χ2v) is 4.62. The molecule has 0 saturated carbocycles. The molecule has 0 saturated heterocycles. The van der Waals surface area contributed by atoms with Crippen molar-refractivity contribution in [3.8, 4) is 11.3 Å². The van der Waals surface area contributed by atoms with Gasteiger partial charge in [0.15, 0.2) is 0 Å². The zero-order valence-corrected chi connectivity index (χ0v) is 10.9. The van der Waals surface area contributed by atoms with Crippen LogP contribution in [0, 0.1) is 0 Å². The number of benzene rings is 1. The summed E-state index contributed by atoms with van der Waals surface area (Å²) in [6, 6.07) is 10.0. The van der Waals surface area contributed by atoms with E-state index in [0.717, 1.165) is 17.1 Å². The van der Waals surface area contributed by atoms with Crippen LogP contribution in [0.3, 0.4) is 0 Å². The van der Waals surface area contributed by atoms with Crippen LogP contribution in [0.2, 0.25) is 0 Å². The second-order valence-electron chi connectivity index (χ2n) is 4.62. The van der Waals surface area contributed by atoms with Crippen molar-refractivity contribution in [2.75, 3.05) is 5.73 Å². The summed E-state index contributed by atoms with van der Waals surface area (Å²) >= 11 is 0. The molecule has 2 rings (SSSR count). The van der Waals surface area contributed by atoms with E-state index in [-0.39, 0.29) is 0 Å². The minimum Gasteiger partial charge on any atom is -0.383 e. The lowest BCUT2D eigenvalue weighted by molar-refractivity contribution is 0.684. The molecule has 0 aliphatic heterocycles. The molecule has 0 fully saturated rings. The van der Waals surface area contributed by atoms with Crippen LogP contribution in [-0.2, 0) is 6.54 Å². The van der Waals surface area contributed by atoms with Gasteiger partial charge < -0.3 is 10.3 Å². The SMILES string of the molecule is C=CCn1c(C(C)C)nc(-c2ccccc2)c1N. The molecule has 18 heavy (non-hydrogen) atoms. The molecular formula is C15H19N3. The van der Waals surface area contributed by atoms with Gasteiger partial charge in [0.2, 0.25) is 0 Å². The second kappa shape index (κ2) is 5.08. The Morgan fingerprint density at radius 3 is 2.56 bits per heavy atom. The highest BCUT2D eigenvalue weighted by molar-refractivity contribution is 5.71. The Hall–Kier alpha value is -2.03. The van der Waals surface area contributed by atoms with Crippen LogP contribution in [-0.4, -0.2) is 9.55 Å². The van der Waals surface area contributed by atoms with E-state index in [2.05, 4.69) is 25.4 Å². The average Bonchev–Trinajstić information content (AvgIpc) is 2.69. The van der Waals surface area contributed by atoms with Gasteiger partial charge in [-0.05, 0) is 0 Å². The van der Waals surface area contributed by atoms with Crippen molar-refractivity contribution >= 4 is 5.82 Å². The summed E-state index contributed by atoms with van der Waals surface area (Å²) in [7, 11) is 0. The average molecular weight is 241 g/mol. The number of rotatable bonds is 4. The number of hydrogen-bond acceptors (Lipinski definition) is 2. The molecule has 0 amide bonds. The van der Waals surface area contributed by atoms with Crippen molar-refractivity contribution in [3.63, 3.8) is 0 Å². The van der Waals surface area contributed by atoms with Gasteiger partial charge in [-0.1, -0.05) is 50.3 Å². The van der Waals surface area contributed by atoms with E-state index in [4.69, 9.17) is 5.73 Å². The molecule has 0 radical (unpaired) electrons. The van der Waals surface area contributed by atoms with Gasteiger partial charge in [-0.15, -0.1) is 6.58 Å². The van der Waals surface area contributed by atoms with Crippen molar-refractivity contribution < 1.29 is 0 Å². The van der Waals surface area contributed by atoms with E-state index < -0.39 is 0 Å². The third-order valence-electron chi connectivity index (χ3n) is 2.91. The van der Waals surface area contributed by atoms with Crippen LogP contribution in [0.5, 0.6) is 0 Å². The number of nitrogens with two attached hydrogens (primary N) is 1. The lowest BCUT2D eigenvalue weighted by Crippen LogP contribution is -2.07. The molecule has 1 heterocycles. The Labute approximate surface area is 108 Å². The summed E-state index contributed by atoms with van der Waals surface area (Å²) in [6.07, 6.45) is 1.85. The largest absolute Gasteiger partial charge is 0.383 e. The number of hydrogen-bond donors (Lipinski definition) is 1. The number of imidazole rings is 1. The summed E-state index contributed by atoms with van der Waals surface area (Å²) in [6.45, 7) is 8.71. The van der Waals surface area contributed by atoms with Crippen LogP contribution in [0.1, 0.15) is 25.6 Å². The van der Waals surface area contributed by atoms with E-state index in [1.165, 1.54) is 0 Å². The van der Waals surface area contributed by atoms with Crippen molar-refractivity contribution in [2.24, 2.45) is 0 Å². The van der Waals surface area contributed by atoms with Crippen LogP contribution in [0.25, 0.3) is 11.3 Å². The minimum absolute atomic E-state index is 0.338. The Kier molecular flexibility index (Phi) is 3.51. The van der Waals surface area contributed by atoms with Gasteiger partial charge in [-0.25, -0.2) is 4.98 Å². The molecule has 0 aliphatic rings. The van der Waals surface area contributed by atoms with Gasteiger partial charge >= 0.3 is 0 Å². The fourth-order valence-corrected chi connectivity index (χ4v) is 2.05. The van der Waals surface area contributed by atoms with Crippen molar-refractivity contribution in [3.05, 3.63) is 48.8 Å². The molecule has 3 nitrogen and oxygen atoms in total. The van der Waals surface area contributed by atoms with Crippen molar-refractivity contribution in [1.82, 2.24) is 9.55 Å². The number of nitrogen functional groups attached to an aromatic ring is 1. The first-order valence-electron chi connectivity index (χ1n) is 6.17. The Morgan fingerprint density at radius 1 is 1.33 bits per heavy atom. The molecule has 2 aromatic rings. The molecule has 0 spiro atoms. The molecule has 3 heteroatoms. The summed E-state index contributed by atoms with van der Waals surface area (Å²) in [5.74, 6) is 2.06. The monoisotopic (exact) mass is 241 g/mol. The summed E-state index contributed by atoms with van der Waals surface area (Å²) in [5, 5.41) is 0. The quantitative estimate of drug-likeness (QED) is 0.833. The van der Waals surface area contributed by atoms with Gasteiger partial charge in [-0.2, -0.15) is 0 Å². The first-order valence-corrected chi connectivity index (χ1v) is 6.17. The molecule has 0 unspecified atom stereocenters. The molecule has 0 aliphatic carbocycles. The highest BCUT2D eigenvalue weighted by atomic mass is 15.1. The molecule has 1 aromatic heterocycles. The van der Waals surface area contributed by atoms with Crippen LogP contribution in [0.15, 0.2) is 43.0 Å². The van der Waals surface area contributed by atoms with Crippen molar-refractivity contribution in [2.45, 2.75) is 26.3 Å². The van der Waals surface area contributed by atoms with E-state index in [1.54, 1.807) is 0 Å². The third kappa shape index (κ3) is 2.16. The summed E-state index contributed by atoms with van der Waals surface area (Å²) in [4.78, 5) is 4.69. The third-order valence-corrected chi connectivity index (χ3v) is 2.91. The zero-order chi connectivity index (χ0) is 13.1. The van der Waals surface area contributed by atoms with E-state index in [9.17, 15) is 0 Å². The Bertz CT molecular complexity index is 538. The van der Waals surface area contributed by atoms with Gasteiger partial charge in [0.1, 0.15) is 17.3 Å². The lowest BCUT2D eigenvalue weighted by atomic mass is 10.1. The predicted molar refractivity (Wildman–Crippen MR) is 76.4 cm³/mol. The molecule has 94 valence electrons. The number of allylic oxidation sites excluding steroid dienone is 1. The number of nitrogens with zero attached hydrogens (tertiary/aromatic N) is 2. The molecule has 0 bridgehead atoms. The fraction of sp³-hybridized carbons (Fsp3) is 0.267. The standard InChI is InChI=1S/C15H19N3/c1-4-10-18-14(16)13(17-15(18)11(2)3)12-8-6-5-7-9-12/h4-9,11H,1,10,16H2,2-3H3. The Balaban J connectivity index is 2.56. The molecule has 2 N–H and O–H groups in total. The normalized spacial score (nSPS) is 10.8. The van der Waals surface area contributed by atoms with Crippen LogP contribution < -0.4 is 5.73 Å². The van der Waals surface area contributed by atoms with Gasteiger partial charge in [0.05, 0.1) is 0 Å². The maximum atomic E-state index is 6.21. The highest BCUT2D eigenvalue weighted by Gasteiger charge is 2.17. The van der Waals surface area contributed by atoms with Crippen LogP contribution in [0.4, 0.5) is 5.82 Å². The minimum atomic E-state index is 0.338. The maximum Gasteiger partial charge on any atom is 0.132 e. The van der Waals surface area contributed by atoms with E-state index in [0.29, 0.717) is 18.3 Å². The van der Waals surface area contributed by atoms with E-state index >= 15 is 0 Å². The first-order chi connectivity index (χ1) is 8.65. The first kappa shape index (κ1) is 12.4. The summed E-state index contributed by atoms with van der Waals surface area (Å²) < 4.78 is 2.03. The van der Waals surface area contributed by atoms with Crippen molar-refractivity contribution in [1.29, 1.82) is 0 Å². The van der Waals surface area contributed by atoms with Gasteiger partial charge in [0.25, 0.3) is 0 Å². The van der Waals surface area contributed by atoms with E-state index in [1.807, 2.05) is 41.0 Å². The summed E-state index contributed by atoms with van der Waals surface area (Å²) in [5.41, 5.74) is 8.13. The van der Waals surface area contributed by atoms with Gasteiger partial charge in [0, 0.05) is 18.0 Å². The fourth-order valence-electron chi connectivity index (χ4n) is 2.05. The van der Waals surface area contributed by atoms with Crippen LogP contribution >= 0.6 is 0 Å². The highest BCUT2D eigenvalue weighted by Crippen LogP contribution is 2.29. The Morgan fingerprint density at radius 2 is 2.00 bits per heavy atom. The molecular weight excluding hydrogens is 222 g/mol. The topological polar surface area (TPSA) is 43.8 Å². The molecule has 1 aromatic carbocycles.